The number of hydrogen-bond donors (Lipinski definition) is 0. The first-order valence-electron chi connectivity index (χ1n) is 3.00. The van der Waals surface area contributed by atoms with Crippen LogP contribution in [0.5, 0.6) is 0 Å². The Morgan fingerprint density at radius 2 is 2.00 bits per heavy atom. The molecule has 0 heterocycles. The summed E-state index contributed by atoms with van der Waals surface area (Å²) in [6.07, 6.45) is 9.13. The Morgan fingerprint density at radius 1 is 1.33 bits per heavy atom. The highest BCUT2D eigenvalue weighted by Gasteiger charge is 1.92. The molecule has 0 saturated heterocycles. The van der Waals surface area contributed by atoms with Crippen molar-refractivity contribution in [2.75, 3.05) is 0 Å². The van der Waals surface area contributed by atoms with Crippen molar-refractivity contribution >= 4 is 11.6 Å². The molecule has 0 saturated carbocycles. The molecule has 0 N–H and O–H groups in total. The van der Waals surface area contributed by atoms with Crippen molar-refractivity contribution in [3.05, 3.63) is 34.9 Å². The van der Waals surface area contributed by atoms with Gasteiger partial charge >= 0.3 is 0 Å². The van der Waals surface area contributed by atoms with Gasteiger partial charge in [0.2, 0.25) is 0 Å². The topological polar surface area (TPSA) is 0 Å². The van der Waals surface area contributed by atoms with Crippen molar-refractivity contribution in [2.24, 2.45) is 0 Å². The molecule has 1 aliphatic rings. The van der Waals surface area contributed by atoms with Crippen LogP contribution in [0.2, 0.25) is 0 Å². The van der Waals surface area contributed by atoms with Crippen LogP contribution in [0.15, 0.2) is 34.9 Å². The van der Waals surface area contributed by atoms with E-state index in [0.717, 1.165) is 17.0 Å². The Balaban J connectivity index is 2.90. The second kappa shape index (κ2) is 2.88. The van der Waals surface area contributed by atoms with Crippen LogP contribution in [-0.4, -0.2) is 0 Å². The summed E-state index contributed by atoms with van der Waals surface area (Å²) in [7, 11) is 0. The van der Waals surface area contributed by atoms with Gasteiger partial charge in [0.05, 0.1) is 0 Å². The zero-order chi connectivity index (χ0) is 6.69. The largest absolute Gasteiger partial charge is 0.0841 e. The highest BCUT2D eigenvalue weighted by atomic mass is 35.5. The lowest BCUT2D eigenvalue weighted by atomic mass is 10.3. The maximum absolute atomic E-state index is 5.81. The third-order valence-electron chi connectivity index (χ3n) is 1.28. The van der Waals surface area contributed by atoms with Crippen molar-refractivity contribution in [1.82, 2.24) is 0 Å². The van der Waals surface area contributed by atoms with Crippen LogP contribution in [0.3, 0.4) is 0 Å². The molecule has 0 aromatic heterocycles. The van der Waals surface area contributed by atoms with Crippen molar-refractivity contribution in [3.63, 3.8) is 0 Å². The smallest absolute Gasteiger partial charge is 0.0432 e. The minimum absolute atomic E-state index is 0.851. The second-order valence-corrected chi connectivity index (χ2v) is 2.48. The van der Waals surface area contributed by atoms with Gasteiger partial charge < -0.3 is 0 Å². The van der Waals surface area contributed by atoms with E-state index in [0.29, 0.717) is 0 Å². The van der Waals surface area contributed by atoms with E-state index in [1.807, 2.05) is 19.1 Å². The van der Waals surface area contributed by atoms with Crippen molar-refractivity contribution in [3.8, 4) is 0 Å². The predicted octanol–water partition coefficient (Wildman–Crippen LogP) is 3.02. The minimum Gasteiger partial charge on any atom is -0.0841 e. The highest BCUT2D eigenvalue weighted by molar-refractivity contribution is 6.31. The highest BCUT2D eigenvalue weighted by Crippen LogP contribution is 2.15. The van der Waals surface area contributed by atoms with Crippen LogP contribution >= 0.6 is 11.6 Å². The van der Waals surface area contributed by atoms with Crippen molar-refractivity contribution in [2.45, 2.75) is 13.3 Å². The summed E-state index contributed by atoms with van der Waals surface area (Å²) in [6, 6.07) is 0. The van der Waals surface area contributed by atoms with E-state index in [4.69, 9.17) is 11.6 Å². The molecular formula is C8H9Cl. The van der Waals surface area contributed by atoms with Gasteiger partial charge in [0, 0.05) is 5.03 Å². The van der Waals surface area contributed by atoms with E-state index >= 15 is 0 Å². The lowest BCUT2D eigenvalue weighted by molar-refractivity contribution is 1.40. The number of halogens is 1. The van der Waals surface area contributed by atoms with Crippen LogP contribution in [-0.2, 0) is 0 Å². The van der Waals surface area contributed by atoms with E-state index in [1.165, 1.54) is 0 Å². The molecule has 0 unspecified atom stereocenters. The fourth-order valence-electron chi connectivity index (χ4n) is 0.706. The zero-order valence-electron chi connectivity index (χ0n) is 5.39. The lowest BCUT2D eigenvalue weighted by Gasteiger charge is -1.89. The Bertz CT molecular complexity index is 165. The Kier molecular flexibility index (Phi) is 2.12. The average molecular weight is 141 g/mol. The molecule has 0 spiro atoms. The quantitative estimate of drug-likeness (QED) is 0.485. The van der Waals surface area contributed by atoms with Crippen molar-refractivity contribution < 1.29 is 0 Å². The maximum atomic E-state index is 5.81. The molecule has 0 amide bonds. The normalized spacial score (nSPS) is 18.4. The lowest BCUT2D eigenvalue weighted by Crippen LogP contribution is -1.68. The van der Waals surface area contributed by atoms with E-state index in [-0.39, 0.29) is 0 Å². The number of hydrogen-bond acceptors (Lipinski definition) is 0. The van der Waals surface area contributed by atoms with Crippen LogP contribution in [0, 0.1) is 0 Å². The monoisotopic (exact) mass is 140 g/mol. The van der Waals surface area contributed by atoms with Crippen LogP contribution in [0.4, 0.5) is 0 Å². The molecule has 1 rings (SSSR count). The Hall–Kier alpha value is -0.490. The first-order chi connectivity index (χ1) is 4.30. The first kappa shape index (κ1) is 6.63. The molecular weight excluding hydrogens is 132 g/mol. The molecule has 0 aliphatic heterocycles. The molecule has 0 nitrogen and oxygen atoms in total. The third-order valence-corrected chi connectivity index (χ3v) is 1.70. The number of allylic oxidation sites excluding steroid dienone is 6. The Morgan fingerprint density at radius 3 is 2.78 bits per heavy atom. The van der Waals surface area contributed by atoms with Gasteiger partial charge in [0.25, 0.3) is 0 Å². The van der Waals surface area contributed by atoms with E-state index in [9.17, 15) is 0 Å². The van der Waals surface area contributed by atoms with Gasteiger partial charge in [0.15, 0.2) is 0 Å². The van der Waals surface area contributed by atoms with Gasteiger partial charge in [-0.3, -0.25) is 0 Å². The fraction of sp³-hybridized carbons (Fsp3) is 0.250. The minimum atomic E-state index is 0.851. The van der Waals surface area contributed by atoms with Gasteiger partial charge in [-0.25, -0.2) is 0 Å². The fourth-order valence-corrected chi connectivity index (χ4v) is 0.858. The van der Waals surface area contributed by atoms with Gasteiger partial charge in [-0.1, -0.05) is 29.8 Å². The molecule has 0 radical (unpaired) electrons. The number of rotatable bonds is 0. The SMILES string of the molecule is CC1=C(Cl)C=CCC=C1. The molecule has 1 aliphatic carbocycles. The van der Waals surface area contributed by atoms with Gasteiger partial charge in [-0.05, 0) is 25.0 Å². The van der Waals surface area contributed by atoms with Crippen molar-refractivity contribution in [1.29, 1.82) is 0 Å². The summed E-state index contributed by atoms with van der Waals surface area (Å²) in [6.45, 7) is 2.01. The summed E-state index contributed by atoms with van der Waals surface area (Å²) in [5.41, 5.74) is 1.14. The van der Waals surface area contributed by atoms with Gasteiger partial charge in [-0.2, -0.15) is 0 Å². The molecule has 9 heavy (non-hydrogen) atoms. The third kappa shape index (κ3) is 1.72. The molecule has 48 valence electrons. The standard InChI is InChI=1S/C8H9Cl/c1-7-5-3-2-4-6-8(7)9/h3-6H,2H2,1H3. The molecule has 0 bridgehead atoms. The molecule has 0 atom stereocenters. The molecule has 0 fully saturated rings. The predicted molar refractivity (Wildman–Crippen MR) is 41.5 cm³/mol. The maximum Gasteiger partial charge on any atom is 0.0432 e. The molecule has 1 heteroatoms. The van der Waals surface area contributed by atoms with E-state index < -0.39 is 0 Å². The van der Waals surface area contributed by atoms with E-state index in [1.54, 1.807) is 0 Å². The van der Waals surface area contributed by atoms with Crippen LogP contribution in [0.25, 0.3) is 0 Å². The summed E-state index contributed by atoms with van der Waals surface area (Å²) in [4.78, 5) is 0. The van der Waals surface area contributed by atoms with E-state index in [2.05, 4.69) is 12.2 Å². The Labute approximate surface area is 60.5 Å². The van der Waals surface area contributed by atoms with Crippen LogP contribution < -0.4 is 0 Å². The summed E-state index contributed by atoms with van der Waals surface area (Å²) in [5, 5.41) is 0.851. The summed E-state index contributed by atoms with van der Waals surface area (Å²) < 4.78 is 0. The van der Waals surface area contributed by atoms with Gasteiger partial charge in [-0.15, -0.1) is 0 Å². The summed E-state index contributed by atoms with van der Waals surface area (Å²) >= 11 is 5.81. The second-order valence-electron chi connectivity index (χ2n) is 2.07. The van der Waals surface area contributed by atoms with Gasteiger partial charge in [0.1, 0.15) is 0 Å². The zero-order valence-corrected chi connectivity index (χ0v) is 6.15. The van der Waals surface area contributed by atoms with Crippen LogP contribution in [0.1, 0.15) is 13.3 Å². The average Bonchev–Trinajstić information content (AvgIpc) is 1.99. The first-order valence-corrected chi connectivity index (χ1v) is 3.38. The molecule has 0 aromatic carbocycles. The molecule has 0 aromatic rings. The summed E-state index contributed by atoms with van der Waals surface area (Å²) in [5.74, 6) is 0.